The standard InChI is InChI=1S/C10H15ClN2/c1-7(2)5-9-4-3-8(6-12)10(11)13-9/h3-4,7H,5-6,12H2,1-2H3. The molecule has 0 fully saturated rings. The fourth-order valence-electron chi connectivity index (χ4n) is 1.18. The average Bonchev–Trinajstić information content (AvgIpc) is 2.03. The minimum Gasteiger partial charge on any atom is -0.326 e. The number of halogens is 1. The maximum atomic E-state index is 5.92. The van der Waals surface area contributed by atoms with E-state index in [0.717, 1.165) is 17.7 Å². The van der Waals surface area contributed by atoms with Crippen molar-refractivity contribution in [2.45, 2.75) is 26.8 Å². The largest absolute Gasteiger partial charge is 0.326 e. The Bertz CT molecular complexity index is 284. The van der Waals surface area contributed by atoms with Crippen molar-refractivity contribution in [3.05, 3.63) is 28.5 Å². The van der Waals surface area contributed by atoms with Crippen LogP contribution in [0.4, 0.5) is 0 Å². The number of nitrogens with two attached hydrogens (primary N) is 1. The molecular formula is C10H15ClN2. The highest BCUT2D eigenvalue weighted by molar-refractivity contribution is 6.30. The van der Waals surface area contributed by atoms with Crippen LogP contribution in [0, 0.1) is 5.92 Å². The van der Waals surface area contributed by atoms with Crippen molar-refractivity contribution in [1.82, 2.24) is 4.98 Å². The number of nitrogens with zero attached hydrogens (tertiary/aromatic N) is 1. The molecule has 1 heterocycles. The molecule has 1 aromatic rings. The highest BCUT2D eigenvalue weighted by Gasteiger charge is 2.03. The van der Waals surface area contributed by atoms with Crippen LogP contribution in [0.5, 0.6) is 0 Å². The molecule has 1 aromatic heterocycles. The minimum absolute atomic E-state index is 0.452. The Morgan fingerprint density at radius 3 is 2.62 bits per heavy atom. The highest BCUT2D eigenvalue weighted by Crippen LogP contribution is 2.14. The van der Waals surface area contributed by atoms with Crippen molar-refractivity contribution in [1.29, 1.82) is 0 Å². The van der Waals surface area contributed by atoms with Crippen LogP contribution in [0.2, 0.25) is 5.15 Å². The topological polar surface area (TPSA) is 38.9 Å². The van der Waals surface area contributed by atoms with E-state index in [0.29, 0.717) is 17.6 Å². The first kappa shape index (κ1) is 10.5. The van der Waals surface area contributed by atoms with E-state index < -0.39 is 0 Å². The Morgan fingerprint density at radius 1 is 1.46 bits per heavy atom. The molecule has 0 radical (unpaired) electrons. The van der Waals surface area contributed by atoms with Crippen molar-refractivity contribution in [3.63, 3.8) is 0 Å². The summed E-state index contributed by atoms with van der Waals surface area (Å²) in [4.78, 5) is 4.27. The van der Waals surface area contributed by atoms with E-state index in [1.54, 1.807) is 0 Å². The van der Waals surface area contributed by atoms with Gasteiger partial charge in [0.15, 0.2) is 0 Å². The smallest absolute Gasteiger partial charge is 0.133 e. The molecule has 0 bridgehead atoms. The van der Waals surface area contributed by atoms with Gasteiger partial charge in [-0.2, -0.15) is 0 Å². The summed E-state index contributed by atoms with van der Waals surface area (Å²) < 4.78 is 0. The van der Waals surface area contributed by atoms with Gasteiger partial charge in [-0.25, -0.2) is 4.98 Å². The van der Waals surface area contributed by atoms with Crippen LogP contribution < -0.4 is 5.73 Å². The summed E-state index contributed by atoms with van der Waals surface area (Å²) in [6.45, 7) is 4.77. The zero-order valence-electron chi connectivity index (χ0n) is 8.05. The Hall–Kier alpha value is -0.600. The monoisotopic (exact) mass is 198 g/mol. The van der Waals surface area contributed by atoms with Crippen molar-refractivity contribution >= 4 is 11.6 Å². The Morgan fingerprint density at radius 2 is 2.15 bits per heavy atom. The maximum absolute atomic E-state index is 5.92. The first-order valence-electron chi connectivity index (χ1n) is 4.48. The molecule has 0 aliphatic rings. The van der Waals surface area contributed by atoms with E-state index in [1.807, 2.05) is 12.1 Å². The lowest BCUT2D eigenvalue weighted by Crippen LogP contribution is -2.02. The molecule has 2 nitrogen and oxygen atoms in total. The number of pyridine rings is 1. The normalized spacial score (nSPS) is 10.8. The summed E-state index contributed by atoms with van der Waals surface area (Å²) in [5, 5.41) is 0.542. The molecule has 0 aliphatic heterocycles. The lowest BCUT2D eigenvalue weighted by molar-refractivity contribution is 0.635. The van der Waals surface area contributed by atoms with Gasteiger partial charge in [0.1, 0.15) is 5.15 Å². The van der Waals surface area contributed by atoms with Gasteiger partial charge in [0.05, 0.1) is 0 Å². The van der Waals surface area contributed by atoms with Gasteiger partial charge in [-0.1, -0.05) is 31.5 Å². The molecular weight excluding hydrogens is 184 g/mol. The number of aromatic nitrogens is 1. The van der Waals surface area contributed by atoms with Crippen LogP contribution in [0.3, 0.4) is 0 Å². The van der Waals surface area contributed by atoms with Gasteiger partial charge in [0.25, 0.3) is 0 Å². The molecule has 0 aliphatic carbocycles. The van der Waals surface area contributed by atoms with Gasteiger partial charge in [-0.15, -0.1) is 0 Å². The van der Waals surface area contributed by atoms with Gasteiger partial charge < -0.3 is 5.73 Å². The molecule has 2 N–H and O–H groups in total. The molecule has 72 valence electrons. The average molecular weight is 199 g/mol. The minimum atomic E-state index is 0.452. The van der Waals surface area contributed by atoms with E-state index in [9.17, 15) is 0 Å². The van der Waals surface area contributed by atoms with Crippen molar-refractivity contribution in [2.24, 2.45) is 11.7 Å². The highest BCUT2D eigenvalue weighted by atomic mass is 35.5. The van der Waals surface area contributed by atoms with E-state index in [-0.39, 0.29) is 0 Å². The van der Waals surface area contributed by atoms with E-state index >= 15 is 0 Å². The van der Waals surface area contributed by atoms with E-state index in [1.165, 1.54) is 0 Å². The summed E-state index contributed by atoms with van der Waals surface area (Å²) in [6, 6.07) is 3.95. The van der Waals surface area contributed by atoms with E-state index in [2.05, 4.69) is 18.8 Å². The van der Waals surface area contributed by atoms with Crippen LogP contribution >= 0.6 is 11.6 Å². The predicted molar refractivity (Wildman–Crippen MR) is 55.7 cm³/mol. The van der Waals surface area contributed by atoms with Gasteiger partial charge >= 0.3 is 0 Å². The molecule has 0 unspecified atom stereocenters. The van der Waals surface area contributed by atoms with Crippen molar-refractivity contribution in [2.75, 3.05) is 0 Å². The lowest BCUT2D eigenvalue weighted by atomic mass is 10.1. The van der Waals surface area contributed by atoms with Gasteiger partial charge in [0, 0.05) is 17.8 Å². The summed E-state index contributed by atoms with van der Waals surface area (Å²) >= 11 is 5.92. The van der Waals surface area contributed by atoms with Crippen molar-refractivity contribution < 1.29 is 0 Å². The first-order valence-corrected chi connectivity index (χ1v) is 4.85. The summed E-state index contributed by atoms with van der Waals surface area (Å²) in [5.74, 6) is 0.604. The molecule has 3 heteroatoms. The Labute approximate surface area is 84.1 Å². The fraction of sp³-hybridized carbons (Fsp3) is 0.500. The summed E-state index contributed by atoms with van der Waals surface area (Å²) in [7, 11) is 0. The Balaban J connectivity index is 2.83. The third-order valence-electron chi connectivity index (χ3n) is 1.82. The van der Waals surface area contributed by atoms with E-state index in [4.69, 9.17) is 17.3 Å². The molecule has 0 saturated carbocycles. The Kier molecular flexibility index (Phi) is 3.70. The fourth-order valence-corrected chi connectivity index (χ4v) is 1.43. The van der Waals surface area contributed by atoms with Crippen LogP contribution in [-0.4, -0.2) is 4.98 Å². The molecule has 0 spiro atoms. The zero-order valence-corrected chi connectivity index (χ0v) is 8.80. The maximum Gasteiger partial charge on any atom is 0.133 e. The second kappa shape index (κ2) is 4.58. The lowest BCUT2D eigenvalue weighted by Gasteiger charge is -2.06. The second-order valence-electron chi connectivity index (χ2n) is 3.55. The van der Waals surface area contributed by atoms with Crippen LogP contribution in [0.15, 0.2) is 12.1 Å². The predicted octanol–water partition coefficient (Wildman–Crippen LogP) is 2.39. The van der Waals surface area contributed by atoms with Crippen LogP contribution in [0.1, 0.15) is 25.1 Å². The molecule has 13 heavy (non-hydrogen) atoms. The van der Waals surface area contributed by atoms with Gasteiger partial charge in [0.2, 0.25) is 0 Å². The number of hydrogen-bond donors (Lipinski definition) is 1. The third-order valence-corrected chi connectivity index (χ3v) is 2.15. The van der Waals surface area contributed by atoms with Gasteiger partial charge in [-0.05, 0) is 18.4 Å². The molecule has 0 saturated heterocycles. The molecule has 0 aromatic carbocycles. The number of hydrogen-bond acceptors (Lipinski definition) is 2. The van der Waals surface area contributed by atoms with Crippen LogP contribution in [0.25, 0.3) is 0 Å². The molecule has 0 atom stereocenters. The number of rotatable bonds is 3. The third kappa shape index (κ3) is 2.98. The summed E-state index contributed by atoms with van der Waals surface area (Å²) in [6.07, 6.45) is 0.963. The van der Waals surface area contributed by atoms with Crippen LogP contribution in [-0.2, 0) is 13.0 Å². The quantitative estimate of drug-likeness (QED) is 0.758. The SMILES string of the molecule is CC(C)Cc1ccc(CN)c(Cl)n1. The molecule has 0 amide bonds. The van der Waals surface area contributed by atoms with Crippen molar-refractivity contribution in [3.8, 4) is 0 Å². The zero-order chi connectivity index (χ0) is 9.84. The van der Waals surface area contributed by atoms with Gasteiger partial charge in [-0.3, -0.25) is 0 Å². The second-order valence-corrected chi connectivity index (χ2v) is 3.91. The summed E-state index contributed by atoms with van der Waals surface area (Å²) in [5.41, 5.74) is 7.43. The first-order chi connectivity index (χ1) is 6.13. The molecule has 1 rings (SSSR count).